The summed E-state index contributed by atoms with van der Waals surface area (Å²) < 4.78 is 14.5. The molecule has 1 fully saturated rings. The Morgan fingerprint density at radius 3 is 2.74 bits per heavy atom. The van der Waals surface area contributed by atoms with Crippen molar-refractivity contribution in [2.24, 2.45) is 5.92 Å². The van der Waals surface area contributed by atoms with Gasteiger partial charge in [-0.25, -0.2) is 9.07 Å². The van der Waals surface area contributed by atoms with Crippen LogP contribution in [0.3, 0.4) is 0 Å². The lowest BCUT2D eigenvalue weighted by atomic mass is 10.1. The molecule has 1 unspecified atom stereocenters. The zero-order chi connectivity index (χ0) is 16.6. The zero-order valence-electron chi connectivity index (χ0n) is 12.7. The number of aryl methyl sites for hydroxylation is 1. The highest BCUT2D eigenvalue weighted by Crippen LogP contribution is 2.27. The Hall–Kier alpha value is -1.92. The van der Waals surface area contributed by atoms with Crippen LogP contribution in [0.25, 0.3) is 5.69 Å². The number of aliphatic hydroxyl groups excluding tert-OH is 1. The minimum absolute atomic E-state index is 0.0747. The van der Waals surface area contributed by atoms with E-state index in [0.29, 0.717) is 30.0 Å². The fraction of sp³-hybridized carbons (Fsp3) is 0.375. The minimum Gasteiger partial charge on any atom is -0.396 e. The van der Waals surface area contributed by atoms with Gasteiger partial charge in [-0.1, -0.05) is 11.6 Å². The summed E-state index contributed by atoms with van der Waals surface area (Å²) in [5.74, 6) is -0.417. The van der Waals surface area contributed by atoms with E-state index in [1.807, 2.05) is 0 Å². The van der Waals surface area contributed by atoms with E-state index in [1.54, 1.807) is 24.0 Å². The van der Waals surface area contributed by atoms with Crippen LogP contribution in [0.5, 0.6) is 0 Å². The molecule has 1 N–H and O–H groups in total. The highest BCUT2D eigenvalue weighted by atomic mass is 35.5. The number of aromatic nitrogens is 2. The van der Waals surface area contributed by atoms with Crippen molar-refractivity contribution in [2.45, 2.75) is 13.3 Å². The first-order valence-electron chi connectivity index (χ1n) is 7.42. The Balaban J connectivity index is 1.92. The van der Waals surface area contributed by atoms with Crippen molar-refractivity contribution in [3.63, 3.8) is 0 Å². The maximum absolute atomic E-state index is 13.0. The molecule has 1 atom stereocenters. The van der Waals surface area contributed by atoms with Crippen molar-refractivity contribution in [3.8, 4) is 5.69 Å². The van der Waals surface area contributed by atoms with Crippen LogP contribution >= 0.6 is 11.6 Å². The molecule has 1 aliphatic rings. The summed E-state index contributed by atoms with van der Waals surface area (Å²) in [6.45, 7) is 2.92. The van der Waals surface area contributed by atoms with E-state index in [1.165, 1.54) is 16.8 Å². The van der Waals surface area contributed by atoms with E-state index in [4.69, 9.17) is 11.6 Å². The molecule has 0 radical (unpaired) electrons. The van der Waals surface area contributed by atoms with Gasteiger partial charge in [0.1, 0.15) is 11.0 Å². The van der Waals surface area contributed by atoms with Crippen LogP contribution in [0.4, 0.5) is 4.39 Å². The first-order valence-corrected chi connectivity index (χ1v) is 7.80. The first kappa shape index (κ1) is 16.0. The van der Waals surface area contributed by atoms with Crippen LogP contribution in [0.2, 0.25) is 5.15 Å². The fourth-order valence-electron chi connectivity index (χ4n) is 2.82. The second-order valence-electron chi connectivity index (χ2n) is 5.73. The smallest absolute Gasteiger partial charge is 0.258 e. The average molecular weight is 338 g/mol. The Labute approximate surface area is 138 Å². The predicted octanol–water partition coefficient (Wildman–Crippen LogP) is 2.43. The van der Waals surface area contributed by atoms with Crippen molar-refractivity contribution in [1.29, 1.82) is 0 Å². The molecule has 1 saturated heterocycles. The van der Waals surface area contributed by atoms with Gasteiger partial charge in [-0.05, 0) is 37.6 Å². The number of nitrogens with zero attached hydrogens (tertiary/aromatic N) is 3. The number of likely N-dealkylation sites (tertiary alicyclic amines) is 1. The molecule has 1 aliphatic heterocycles. The van der Waals surface area contributed by atoms with E-state index >= 15 is 0 Å². The highest BCUT2D eigenvalue weighted by molar-refractivity contribution is 6.33. The number of amides is 1. The molecule has 23 heavy (non-hydrogen) atoms. The monoisotopic (exact) mass is 337 g/mol. The zero-order valence-corrected chi connectivity index (χ0v) is 13.4. The highest BCUT2D eigenvalue weighted by Gasteiger charge is 2.30. The van der Waals surface area contributed by atoms with E-state index < -0.39 is 0 Å². The Morgan fingerprint density at radius 1 is 1.43 bits per heavy atom. The molecule has 0 spiro atoms. The minimum atomic E-state index is -0.350. The maximum Gasteiger partial charge on any atom is 0.258 e. The summed E-state index contributed by atoms with van der Waals surface area (Å²) in [5.41, 5.74) is 1.47. The quantitative estimate of drug-likeness (QED) is 0.935. The van der Waals surface area contributed by atoms with E-state index in [2.05, 4.69) is 5.10 Å². The number of rotatable bonds is 3. The van der Waals surface area contributed by atoms with Crippen molar-refractivity contribution in [2.75, 3.05) is 19.7 Å². The number of hydrogen-bond acceptors (Lipinski definition) is 3. The summed E-state index contributed by atoms with van der Waals surface area (Å²) >= 11 is 6.36. The second-order valence-corrected chi connectivity index (χ2v) is 6.09. The largest absolute Gasteiger partial charge is 0.396 e. The third kappa shape index (κ3) is 2.96. The topological polar surface area (TPSA) is 58.4 Å². The molecular formula is C16H17ClFN3O2. The van der Waals surface area contributed by atoms with Gasteiger partial charge in [-0.3, -0.25) is 4.79 Å². The lowest BCUT2D eigenvalue weighted by Crippen LogP contribution is -2.29. The van der Waals surface area contributed by atoms with Gasteiger partial charge in [0, 0.05) is 25.6 Å². The molecule has 7 heteroatoms. The van der Waals surface area contributed by atoms with Crippen LogP contribution in [0.1, 0.15) is 22.5 Å². The SMILES string of the molecule is Cc1nn(-c2ccc(F)cc2)c(Cl)c1C(=O)N1CCC(CO)C1. The summed E-state index contributed by atoms with van der Waals surface area (Å²) in [6, 6.07) is 5.74. The molecule has 3 rings (SSSR count). The van der Waals surface area contributed by atoms with E-state index in [-0.39, 0.29) is 29.4 Å². The lowest BCUT2D eigenvalue weighted by molar-refractivity contribution is 0.0781. The van der Waals surface area contributed by atoms with Gasteiger partial charge in [0.15, 0.2) is 0 Å². The summed E-state index contributed by atoms with van der Waals surface area (Å²) in [7, 11) is 0. The average Bonchev–Trinajstić information content (AvgIpc) is 3.13. The molecule has 1 aromatic heterocycles. The van der Waals surface area contributed by atoms with E-state index in [0.717, 1.165) is 6.42 Å². The van der Waals surface area contributed by atoms with Crippen molar-refractivity contribution in [1.82, 2.24) is 14.7 Å². The number of aliphatic hydroxyl groups is 1. The van der Waals surface area contributed by atoms with Crippen molar-refractivity contribution in [3.05, 3.63) is 46.5 Å². The third-order valence-electron chi connectivity index (χ3n) is 4.12. The maximum atomic E-state index is 13.0. The van der Waals surface area contributed by atoms with Gasteiger partial charge >= 0.3 is 0 Å². The molecule has 0 saturated carbocycles. The summed E-state index contributed by atoms with van der Waals surface area (Å²) in [5, 5.41) is 13.7. The standard InChI is InChI=1S/C16H17ClFN3O2/c1-10-14(16(23)20-7-6-11(8-20)9-22)15(17)21(19-10)13-4-2-12(18)3-5-13/h2-5,11,22H,6-9H2,1H3. The van der Waals surface area contributed by atoms with Crippen molar-refractivity contribution >= 4 is 17.5 Å². The second kappa shape index (κ2) is 6.29. The molecule has 2 heterocycles. The molecule has 0 aliphatic carbocycles. The van der Waals surface area contributed by atoms with Crippen LogP contribution in [-0.2, 0) is 0 Å². The van der Waals surface area contributed by atoms with Gasteiger partial charge in [0.2, 0.25) is 0 Å². The number of halogens is 2. The van der Waals surface area contributed by atoms with E-state index in [9.17, 15) is 14.3 Å². The van der Waals surface area contributed by atoms with Gasteiger partial charge in [0.05, 0.1) is 16.9 Å². The third-order valence-corrected chi connectivity index (χ3v) is 4.47. The molecule has 1 aromatic carbocycles. The summed E-state index contributed by atoms with van der Waals surface area (Å²) in [6.07, 6.45) is 0.783. The first-order chi connectivity index (χ1) is 11.0. The normalized spacial score (nSPS) is 17.7. The van der Waals surface area contributed by atoms with Crippen LogP contribution in [0.15, 0.2) is 24.3 Å². The van der Waals surface area contributed by atoms with Crippen molar-refractivity contribution < 1.29 is 14.3 Å². The molecule has 2 aromatic rings. The fourth-order valence-corrected chi connectivity index (χ4v) is 3.17. The molecule has 1 amide bonds. The van der Waals surface area contributed by atoms with Gasteiger partial charge in [0.25, 0.3) is 5.91 Å². The number of benzene rings is 1. The Morgan fingerprint density at radius 2 is 2.13 bits per heavy atom. The molecular weight excluding hydrogens is 321 g/mol. The van der Waals surface area contributed by atoms with Crippen LogP contribution < -0.4 is 0 Å². The number of hydrogen-bond donors (Lipinski definition) is 1. The number of carbonyl (C=O) groups is 1. The van der Waals surface area contributed by atoms with Gasteiger partial charge < -0.3 is 10.0 Å². The Bertz CT molecular complexity index is 730. The predicted molar refractivity (Wildman–Crippen MR) is 84.4 cm³/mol. The molecule has 5 nitrogen and oxygen atoms in total. The Kier molecular flexibility index (Phi) is 4.37. The number of carbonyl (C=O) groups excluding carboxylic acids is 1. The molecule has 0 bridgehead atoms. The molecule has 122 valence electrons. The van der Waals surface area contributed by atoms with Gasteiger partial charge in [-0.15, -0.1) is 0 Å². The lowest BCUT2D eigenvalue weighted by Gasteiger charge is -2.16. The van der Waals surface area contributed by atoms with Crippen LogP contribution in [0, 0.1) is 18.7 Å². The van der Waals surface area contributed by atoms with Crippen LogP contribution in [-0.4, -0.2) is 45.4 Å². The van der Waals surface area contributed by atoms with Gasteiger partial charge in [-0.2, -0.15) is 5.10 Å². The summed E-state index contributed by atoms with van der Waals surface area (Å²) in [4.78, 5) is 14.4.